The lowest BCUT2D eigenvalue weighted by atomic mass is 9.96. The molecule has 0 aliphatic heterocycles. The molecule has 0 saturated carbocycles. The van der Waals surface area contributed by atoms with Crippen molar-refractivity contribution in [1.82, 2.24) is 0 Å². The van der Waals surface area contributed by atoms with Gasteiger partial charge in [0.1, 0.15) is 0 Å². The number of aliphatic hydroxyl groups excluding tert-OH is 1. The van der Waals surface area contributed by atoms with Crippen LogP contribution >= 0.6 is 11.6 Å². The van der Waals surface area contributed by atoms with E-state index in [-0.39, 0.29) is 0 Å². The van der Waals surface area contributed by atoms with Gasteiger partial charge in [0.25, 0.3) is 0 Å². The summed E-state index contributed by atoms with van der Waals surface area (Å²) in [6.07, 6.45) is 2.59. The molecule has 3 heteroatoms. The van der Waals surface area contributed by atoms with E-state index in [4.69, 9.17) is 11.6 Å². The second kappa shape index (κ2) is 5.63. The molecule has 0 aromatic carbocycles. The molecular weight excluding hydrogens is 188 g/mol. The van der Waals surface area contributed by atoms with E-state index < -0.39 is 11.7 Å². The molecule has 0 heterocycles. The number of allylic oxidation sites excluding steroid dienone is 2. The van der Waals surface area contributed by atoms with Crippen molar-refractivity contribution in [3.8, 4) is 0 Å². The molecule has 0 aromatic heterocycles. The van der Waals surface area contributed by atoms with Gasteiger partial charge < -0.3 is 10.2 Å². The lowest BCUT2D eigenvalue weighted by Crippen LogP contribution is -2.35. The number of aliphatic hydroxyl groups is 2. The predicted octanol–water partition coefficient (Wildman–Crippen LogP) is 2.08. The molecule has 0 spiro atoms. The van der Waals surface area contributed by atoms with Gasteiger partial charge >= 0.3 is 0 Å². The molecular formula is C10H19ClO2. The first-order valence-corrected chi connectivity index (χ1v) is 5.03. The van der Waals surface area contributed by atoms with Crippen molar-refractivity contribution in [2.45, 2.75) is 45.3 Å². The maximum absolute atomic E-state index is 9.49. The van der Waals surface area contributed by atoms with Crippen molar-refractivity contribution in [3.05, 3.63) is 11.6 Å². The van der Waals surface area contributed by atoms with Gasteiger partial charge in [0.05, 0.1) is 11.7 Å². The molecule has 0 aromatic rings. The fraction of sp³-hybridized carbons (Fsp3) is 0.800. The average molecular weight is 207 g/mol. The SMILES string of the molecule is CC(=CCCl)CCC(O)C(C)(C)O. The van der Waals surface area contributed by atoms with Crippen LogP contribution in [0.15, 0.2) is 11.6 Å². The largest absolute Gasteiger partial charge is 0.390 e. The van der Waals surface area contributed by atoms with Crippen LogP contribution in [0.5, 0.6) is 0 Å². The third-order valence-corrected chi connectivity index (χ3v) is 2.21. The van der Waals surface area contributed by atoms with Crippen LogP contribution < -0.4 is 0 Å². The smallest absolute Gasteiger partial charge is 0.0849 e. The molecule has 2 N–H and O–H groups in total. The van der Waals surface area contributed by atoms with Crippen LogP contribution in [0.25, 0.3) is 0 Å². The highest BCUT2D eigenvalue weighted by Gasteiger charge is 2.23. The highest BCUT2D eigenvalue weighted by Crippen LogP contribution is 2.16. The van der Waals surface area contributed by atoms with E-state index in [1.165, 1.54) is 0 Å². The molecule has 0 fully saturated rings. The Labute approximate surface area is 85.2 Å². The summed E-state index contributed by atoms with van der Waals surface area (Å²) in [5.74, 6) is 0.504. The molecule has 0 bridgehead atoms. The van der Waals surface area contributed by atoms with Crippen LogP contribution in [-0.4, -0.2) is 27.8 Å². The third-order valence-electron chi connectivity index (χ3n) is 2.05. The fourth-order valence-corrected chi connectivity index (χ4v) is 1.21. The van der Waals surface area contributed by atoms with Crippen LogP contribution in [0.3, 0.4) is 0 Å². The van der Waals surface area contributed by atoms with Crippen LogP contribution in [0, 0.1) is 0 Å². The lowest BCUT2D eigenvalue weighted by molar-refractivity contribution is -0.0509. The number of hydrogen-bond donors (Lipinski definition) is 2. The summed E-state index contributed by atoms with van der Waals surface area (Å²) in [5.41, 5.74) is 0.139. The Hall–Kier alpha value is -0.0500. The van der Waals surface area contributed by atoms with Crippen molar-refractivity contribution < 1.29 is 10.2 Å². The van der Waals surface area contributed by atoms with Gasteiger partial charge in [-0.25, -0.2) is 0 Å². The molecule has 2 nitrogen and oxygen atoms in total. The van der Waals surface area contributed by atoms with Crippen molar-refractivity contribution in [2.24, 2.45) is 0 Å². The van der Waals surface area contributed by atoms with Gasteiger partial charge in [-0.15, -0.1) is 11.6 Å². The summed E-state index contributed by atoms with van der Waals surface area (Å²) < 4.78 is 0. The third kappa shape index (κ3) is 6.08. The first-order valence-electron chi connectivity index (χ1n) is 4.50. The molecule has 1 unspecified atom stereocenters. The Balaban J connectivity index is 3.83. The van der Waals surface area contributed by atoms with Crippen molar-refractivity contribution in [3.63, 3.8) is 0 Å². The Morgan fingerprint density at radius 1 is 1.54 bits per heavy atom. The zero-order valence-corrected chi connectivity index (χ0v) is 9.30. The van der Waals surface area contributed by atoms with Crippen LogP contribution in [0.4, 0.5) is 0 Å². The summed E-state index contributed by atoms with van der Waals surface area (Å²) >= 11 is 5.51. The van der Waals surface area contributed by atoms with E-state index in [9.17, 15) is 10.2 Å². The van der Waals surface area contributed by atoms with E-state index in [1.807, 2.05) is 13.0 Å². The van der Waals surface area contributed by atoms with Gasteiger partial charge in [-0.2, -0.15) is 0 Å². The van der Waals surface area contributed by atoms with Gasteiger partial charge in [-0.3, -0.25) is 0 Å². The second-order valence-corrected chi connectivity index (χ2v) is 4.22. The summed E-state index contributed by atoms with van der Waals surface area (Å²) in [6.45, 7) is 5.19. The lowest BCUT2D eigenvalue weighted by Gasteiger charge is -2.24. The van der Waals surface area contributed by atoms with Gasteiger partial charge in [-0.05, 0) is 33.6 Å². The van der Waals surface area contributed by atoms with E-state index >= 15 is 0 Å². The maximum Gasteiger partial charge on any atom is 0.0849 e. The summed E-state index contributed by atoms with van der Waals surface area (Å²) in [4.78, 5) is 0. The molecule has 13 heavy (non-hydrogen) atoms. The molecule has 0 rings (SSSR count). The minimum absolute atomic E-state index is 0.504. The van der Waals surface area contributed by atoms with E-state index in [1.54, 1.807) is 13.8 Å². The highest BCUT2D eigenvalue weighted by molar-refractivity contribution is 6.18. The topological polar surface area (TPSA) is 40.5 Å². The first-order chi connectivity index (χ1) is 5.88. The van der Waals surface area contributed by atoms with Crippen molar-refractivity contribution in [1.29, 1.82) is 0 Å². The average Bonchev–Trinajstić information content (AvgIpc) is 1.99. The zero-order chi connectivity index (χ0) is 10.5. The molecule has 0 radical (unpaired) electrons. The molecule has 0 aliphatic rings. The Bertz CT molecular complexity index is 170. The van der Waals surface area contributed by atoms with Gasteiger partial charge in [-0.1, -0.05) is 11.6 Å². The van der Waals surface area contributed by atoms with Crippen LogP contribution in [0.2, 0.25) is 0 Å². The summed E-state index contributed by atoms with van der Waals surface area (Å²) in [7, 11) is 0. The standard InChI is InChI=1S/C10H19ClO2/c1-8(6-7-11)4-5-9(12)10(2,3)13/h6,9,12-13H,4-5,7H2,1-3H3. The molecule has 0 amide bonds. The molecule has 1 atom stereocenters. The molecule has 0 aliphatic carbocycles. The first kappa shape index (κ1) is 12.9. The van der Waals surface area contributed by atoms with E-state index in [0.29, 0.717) is 12.3 Å². The summed E-state index contributed by atoms with van der Waals surface area (Å²) in [6, 6.07) is 0. The minimum atomic E-state index is -1.01. The van der Waals surface area contributed by atoms with Gasteiger partial charge in [0.2, 0.25) is 0 Å². The number of hydrogen-bond acceptors (Lipinski definition) is 2. The van der Waals surface area contributed by atoms with Crippen LogP contribution in [0.1, 0.15) is 33.6 Å². The Kier molecular flexibility index (Phi) is 5.61. The summed E-state index contributed by atoms with van der Waals surface area (Å²) in [5, 5.41) is 18.9. The number of rotatable bonds is 5. The van der Waals surface area contributed by atoms with Gasteiger partial charge in [0, 0.05) is 5.88 Å². The minimum Gasteiger partial charge on any atom is -0.390 e. The maximum atomic E-state index is 9.49. The second-order valence-electron chi connectivity index (χ2n) is 3.91. The highest BCUT2D eigenvalue weighted by atomic mass is 35.5. The normalized spacial score (nSPS) is 16.0. The molecule has 0 saturated heterocycles. The zero-order valence-electron chi connectivity index (χ0n) is 8.55. The van der Waals surface area contributed by atoms with E-state index in [0.717, 1.165) is 12.0 Å². The molecule has 78 valence electrons. The fourth-order valence-electron chi connectivity index (χ4n) is 0.951. The monoisotopic (exact) mass is 206 g/mol. The Morgan fingerprint density at radius 2 is 2.08 bits per heavy atom. The van der Waals surface area contributed by atoms with Crippen molar-refractivity contribution in [2.75, 3.05) is 5.88 Å². The predicted molar refractivity (Wildman–Crippen MR) is 56.0 cm³/mol. The quantitative estimate of drug-likeness (QED) is 0.534. The number of alkyl halides is 1. The van der Waals surface area contributed by atoms with Crippen molar-refractivity contribution >= 4 is 11.6 Å². The Morgan fingerprint density at radius 3 is 2.46 bits per heavy atom. The number of halogens is 1. The van der Waals surface area contributed by atoms with Gasteiger partial charge in [0.15, 0.2) is 0 Å². The van der Waals surface area contributed by atoms with Crippen LogP contribution in [-0.2, 0) is 0 Å². The van der Waals surface area contributed by atoms with E-state index in [2.05, 4.69) is 0 Å².